The van der Waals surface area contributed by atoms with Crippen molar-refractivity contribution in [1.29, 1.82) is 15.8 Å². The fraction of sp³-hybridized carbons (Fsp3) is 0.0291. The molecule has 0 spiro atoms. The number of benzene rings is 16. The van der Waals surface area contributed by atoms with E-state index >= 15 is 0 Å². The highest BCUT2D eigenvalue weighted by molar-refractivity contribution is 6.23. The van der Waals surface area contributed by atoms with E-state index in [1.54, 1.807) is 18.2 Å². The van der Waals surface area contributed by atoms with Gasteiger partial charge in [-0.2, -0.15) is 15.8 Å². The van der Waals surface area contributed by atoms with Crippen molar-refractivity contribution in [2.75, 3.05) is 4.90 Å². The number of nitriles is 3. The van der Waals surface area contributed by atoms with Gasteiger partial charge in [-0.05, 0) is 189 Å². The van der Waals surface area contributed by atoms with E-state index in [-0.39, 0.29) is 73.1 Å². The normalized spacial score (nSPS) is 11.7. The van der Waals surface area contributed by atoms with E-state index in [1.165, 1.54) is 137 Å². The van der Waals surface area contributed by atoms with Gasteiger partial charge in [0.05, 0.1) is 11.0 Å². The van der Waals surface area contributed by atoms with Crippen LogP contribution in [0.3, 0.4) is 0 Å². The summed E-state index contributed by atoms with van der Waals surface area (Å²) in [4.78, 5) is 36.8. The van der Waals surface area contributed by atoms with E-state index in [0.29, 0.717) is 0 Å². The first-order chi connectivity index (χ1) is 57.5. The van der Waals surface area contributed by atoms with Crippen molar-refractivity contribution in [3.63, 3.8) is 0 Å². The molecule has 0 radical (unpaired) electrons. The molecule has 0 bridgehead atoms. The van der Waals surface area contributed by atoms with Gasteiger partial charge in [-0.3, -0.25) is 0 Å². The van der Waals surface area contributed by atoms with Gasteiger partial charge in [0.25, 0.3) is 17.2 Å². The fourth-order valence-corrected chi connectivity index (χ4v) is 16.7. The van der Waals surface area contributed by atoms with Crippen LogP contribution in [0, 0.1) is 53.7 Å². The summed E-state index contributed by atoms with van der Waals surface area (Å²) in [6, 6.07) is 125. The number of aromatic nitrogens is 7. The second-order valence-electron chi connectivity index (χ2n) is 29.0. The summed E-state index contributed by atoms with van der Waals surface area (Å²) in [6.45, 7) is 26.4. The quantitative estimate of drug-likeness (QED) is 0.0810. The largest absolute Gasteiger partial charge is 0.370 e. The fourth-order valence-electron chi connectivity index (χ4n) is 16.7. The third kappa shape index (κ3) is 12.2. The van der Waals surface area contributed by atoms with Crippen LogP contribution in [0.25, 0.3) is 174 Å². The second kappa shape index (κ2) is 29.1. The van der Waals surface area contributed by atoms with Crippen molar-refractivity contribution >= 4 is 133 Å². The second-order valence-corrected chi connectivity index (χ2v) is 29.0. The van der Waals surface area contributed by atoms with Crippen LogP contribution in [0.15, 0.2) is 328 Å². The predicted octanol–water partition coefficient (Wildman–Crippen LogP) is 26.3. The molecular formula is C103H60N14. The zero-order chi connectivity index (χ0) is 79.4. The summed E-state index contributed by atoms with van der Waals surface area (Å²) in [5, 5.41) is 40.7. The SMILES string of the molecule is CC1(C)c2ccccc2-c2ccc(N(c3ccc(-c4ccccc4)cc3)c3ccc(-c4ccc5c(c4)c4ccccc4n5-c4ccccc4)cc3)cc21.[C-]#[N+]c1nc2c(nc1C#N)c1nc(C#N)c(C#N)nc1c1nc([N+]#[C-])c([N+]#[C-])nc21.c1ccc2cc(-c3c4ccccc4c(-c4ccc5ccccc5c4)c4ccccc34)ccc2c1. The Balaban J connectivity index is 0.000000124. The number of para-hydroxylation sites is 2. The highest BCUT2D eigenvalue weighted by atomic mass is 15.1. The van der Waals surface area contributed by atoms with Crippen LogP contribution in [0.4, 0.5) is 34.5 Å². The number of fused-ring (bicyclic) bond motifs is 16. The van der Waals surface area contributed by atoms with Crippen LogP contribution >= 0.6 is 0 Å². The van der Waals surface area contributed by atoms with Crippen molar-refractivity contribution in [1.82, 2.24) is 34.5 Å². The van der Waals surface area contributed by atoms with E-state index in [2.05, 4.69) is 395 Å². The third-order valence-electron chi connectivity index (χ3n) is 22.2. The summed E-state index contributed by atoms with van der Waals surface area (Å²) in [6.07, 6.45) is 0. The smallest absolute Gasteiger partial charge is 0.307 e. The van der Waals surface area contributed by atoms with Crippen LogP contribution in [0.1, 0.15) is 42.1 Å². The maximum Gasteiger partial charge on any atom is 0.307 e. The molecule has 0 saturated carbocycles. The molecule has 14 nitrogen and oxygen atoms in total. The van der Waals surface area contributed by atoms with E-state index in [0.717, 1.165) is 17.1 Å². The lowest BCUT2D eigenvalue weighted by Gasteiger charge is -2.28. The van der Waals surface area contributed by atoms with Crippen LogP contribution in [-0.4, -0.2) is 34.5 Å². The highest BCUT2D eigenvalue weighted by Gasteiger charge is 2.36. The van der Waals surface area contributed by atoms with Crippen LogP contribution in [0.2, 0.25) is 0 Å². The molecular weight excluding hydrogens is 1430 g/mol. The van der Waals surface area contributed by atoms with Gasteiger partial charge in [0.2, 0.25) is 11.0 Å². The minimum absolute atomic E-state index is 0.000622. The van der Waals surface area contributed by atoms with Crippen molar-refractivity contribution in [2.45, 2.75) is 19.3 Å². The van der Waals surface area contributed by atoms with E-state index in [1.807, 2.05) is 0 Å². The highest BCUT2D eigenvalue weighted by Crippen LogP contribution is 2.52. The Labute approximate surface area is 672 Å². The number of anilines is 3. The van der Waals surface area contributed by atoms with Gasteiger partial charge in [0, 0.05) is 38.9 Å². The average molecular weight is 1490 g/mol. The molecule has 542 valence electrons. The molecule has 1 aliphatic rings. The monoisotopic (exact) mass is 1490 g/mol. The van der Waals surface area contributed by atoms with Crippen LogP contribution in [-0.2, 0) is 5.41 Å². The van der Waals surface area contributed by atoms with Gasteiger partial charge in [0.15, 0.2) is 17.1 Å². The molecule has 0 unspecified atom stereocenters. The predicted molar refractivity (Wildman–Crippen MR) is 470 cm³/mol. The number of nitrogens with zero attached hydrogens (tertiary/aromatic N) is 14. The lowest BCUT2D eigenvalue weighted by atomic mass is 9.82. The Bertz CT molecular complexity index is 7250. The molecule has 0 saturated heterocycles. The number of hydrogen-bond acceptors (Lipinski definition) is 10. The zero-order valence-corrected chi connectivity index (χ0v) is 62.9. The van der Waals surface area contributed by atoms with Gasteiger partial charge < -0.3 is 24.0 Å². The minimum atomic E-state index is -0.298. The zero-order valence-electron chi connectivity index (χ0n) is 62.9. The van der Waals surface area contributed by atoms with Crippen molar-refractivity contribution in [3.05, 3.63) is 390 Å². The van der Waals surface area contributed by atoms with Gasteiger partial charge in [0.1, 0.15) is 34.8 Å². The number of hydrogen-bond donors (Lipinski definition) is 0. The lowest BCUT2D eigenvalue weighted by molar-refractivity contribution is 0.660. The molecule has 0 amide bonds. The molecule has 16 aromatic carbocycles. The first-order valence-electron chi connectivity index (χ1n) is 37.9. The minimum Gasteiger partial charge on any atom is -0.370 e. The van der Waals surface area contributed by atoms with Crippen LogP contribution < -0.4 is 4.90 Å². The maximum atomic E-state index is 9.30. The maximum absolute atomic E-state index is 9.30. The topological polar surface area (TPSA) is 170 Å². The van der Waals surface area contributed by atoms with Crippen LogP contribution in [0.5, 0.6) is 0 Å². The molecule has 1 aliphatic carbocycles. The first-order valence-corrected chi connectivity index (χ1v) is 37.9. The van der Waals surface area contributed by atoms with Gasteiger partial charge >= 0.3 is 5.82 Å². The summed E-state index contributed by atoms with van der Waals surface area (Å²) in [5.41, 5.74) is 21.4. The Morgan fingerprint density at radius 2 is 0.684 bits per heavy atom. The van der Waals surface area contributed by atoms with Gasteiger partial charge in [-0.25, -0.2) is 15.0 Å². The van der Waals surface area contributed by atoms with Gasteiger partial charge in [-0.1, -0.05) is 282 Å². The average Bonchev–Trinajstić information content (AvgIpc) is 0.927. The molecule has 4 aromatic heterocycles. The van der Waals surface area contributed by atoms with Crippen molar-refractivity contribution in [2.24, 2.45) is 0 Å². The summed E-state index contributed by atoms with van der Waals surface area (Å²) >= 11 is 0. The molecule has 0 fully saturated rings. The Morgan fingerprint density at radius 3 is 1.21 bits per heavy atom. The van der Waals surface area contributed by atoms with E-state index in [9.17, 15) is 15.8 Å². The molecule has 20 aromatic rings. The van der Waals surface area contributed by atoms with E-state index in [4.69, 9.17) is 19.7 Å². The molecule has 0 atom stereocenters. The summed E-state index contributed by atoms with van der Waals surface area (Å²) in [7, 11) is 0. The summed E-state index contributed by atoms with van der Waals surface area (Å²) in [5.74, 6) is -0.890. The molecule has 0 aliphatic heterocycles. The third-order valence-corrected chi connectivity index (χ3v) is 22.2. The molecule has 21 rings (SSSR count). The Morgan fingerprint density at radius 1 is 0.299 bits per heavy atom. The molecule has 0 N–H and O–H groups in total. The Kier molecular flexibility index (Phi) is 17.5. The first kappa shape index (κ1) is 70.5. The standard InChI is InChI=1S/C51H38N2.C34H22.C18N12/c1-51(2)47-19-11-9-17-43(47)44-31-30-42(34-48(44)51)52(40-26-21-36(22-27-40)35-13-5-3-6-14-35)41-28-23-37(24-29-41)38-25-32-50-46(33-38)45-18-10-12-20-49(45)53(50)39-15-7-4-8-16-39;1-3-11-25-21-27(19-17-23(25)9-1)33-29-13-5-7-15-31(29)34(32-16-8-6-14-30(32)33)28-20-18-24-10-2-4-12-26(24)22-28;1-22-16-9(6-21)27-12-10-11(26-8(5-20)7(4-19)25-10)14-15(13(12)28-16)30-18(24-3)17(23-2)29-14/h3-34H,1-2H3;1-22H;. The van der Waals surface area contributed by atoms with Gasteiger partial charge in [-0.15, -0.1) is 15.0 Å². The molecule has 4 heterocycles. The summed E-state index contributed by atoms with van der Waals surface area (Å²) < 4.78 is 2.37. The van der Waals surface area contributed by atoms with Crippen molar-refractivity contribution < 1.29 is 0 Å². The van der Waals surface area contributed by atoms with E-state index < -0.39 is 0 Å². The Hall–Kier alpha value is -16.9. The van der Waals surface area contributed by atoms with Crippen molar-refractivity contribution in [3.8, 4) is 79.5 Å². The molecule has 14 heteroatoms. The number of rotatable bonds is 8. The lowest BCUT2D eigenvalue weighted by Crippen LogP contribution is -2.16. The molecule has 117 heavy (non-hydrogen) atoms.